The molecule has 0 saturated heterocycles. The summed E-state index contributed by atoms with van der Waals surface area (Å²) in [6.45, 7) is 0.771. The number of rotatable bonds is 7. The van der Waals surface area contributed by atoms with Crippen molar-refractivity contribution >= 4 is 73.6 Å². The van der Waals surface area contributed by atoms with Gasteiger partial charge in [0.15, 0.2) is 0 Å². The summed E-state index contributed by atoms with van der Waals surface area (Å²) in [7, 11) is 0. The van der Waals surface area contributed by atoms with E-state index < -0.39 is 5.92 Å². The maximum atomic E-state index is 14.2. The topological polar surface area (TPSA) is 107 Å². The molecule has 2 aliphatic heterocycles. The Hall–Kier alpha value is -4.46. The summed E-state index contributed by atoms with van der Waals surface area (Å²) >= 11 is 12.9. The lowest BCUT2D eigenvalue weighted by Crippen LogP contribution is -2.34. The number of nitrogen functional groups attached to an aromatic ring is 1. The zero-order valence-electron chi connectivity index (χ0n) is 25.0. The number of carbonyl (C=O) groups is 2. The second kappa shape index (κ2) is 12.0. The first kappa shape index (κ1) is 30.2. The SMILES string of the molecule is Nc1ccc(C(CC(=O)N2C[C@@H](CCl)c3c2cc(O)c2ccccc32)CC(=O)N2C[C@@H](CCl)c3c2cc(O)c2ccccc32)cc1. The van der Waals surface area contributed by atoms with Crippen LogP contribution in [0, 0.1) is 0 Å². The number of amides is 2. The fourth-order valence-electron chi connectivity index (χ4n) is 7.30. The number of halogens is 2. The molecule has 0 spiro atoms. The standard InChI is InChI=1S/C37H33Cl2N3O4/c38-17-23-19-41(30-15-32(43)26-5-1-3-7-28(26)36(23)30)34(45)13-22(21-9-11-25(40)12-10-21)14-35(46)42-20-24(18-39)37-29-8-4-2-6-27(29)33(44)16-31(37)42/h1-12,15-16,22-24,43-44H,13-14,17-20,40H2/t23-,24-/m1/s1. The third-order valence-electron chi connectivity index (χ3n) is 9.51. The summed E-state index contributed by atoms with van der Waals surface area (Å²) in [5, 5.41) is 24.9. The molecule has 0 bridgehead atoms. The Labute approximate surface area is 276 Å². The quantitative estimate of drug-likeness (QED) is 0.124. The zero-order chi connectivity index (χ0) is 32.1. The van der Waals surface area contributed by atoms with Gasteiger partial charge in [-0.05, 0) is 39.6 Å². The Morgan fingerprint density at radius 3 is 1.52 bits per heavy atom. The summed E-state index contributed by atoms with van der Waals surface area (Å²) in [6, 6.07) is 25.7. The first-order valence-electron chi connectivity index (χ1n) is 15.4. The Morgan fingerprint density at radius 2 is 1.11 bits per heavy atom. The molecule has 2 amide bonds. The number of benzene rings is 5. The third kappa shape index (κ3) is 5.08. The number of aromatic hydroxyl groups is 2. The molecule has 0 radical (unpaired) electrons. The van der Waals surface area contributed by atoms with Crippen LogP contribution in [0.1, 0.15) is 47.3 Å². The van der Waals surface area contributed by atoms with E-state index in [2.05, 4.69) is 0 Å². The van der Waals surface area contributed by atoms with Crippen LogP contribution >= 0.6 is 23.2 Å². The summed E-state index contributed by atoms with van der Waals surface area (Å²) < 4.78 is 0. The van der Waals surface area contributed by atoms with Gasteiger partial charge in [-0.25, -0.2) is 0 Å². The number of carbonyl (C=O) groups excluding carboxylic acids is 2. The number of alkyl halides is 2. The van der Waals surface area contributed by atoms with Gasteiger partial charge in [0.2, 0.25) is 11.8 Å². The van der Waals surface area contributed by atoms with Crippen LogP contribution in [0.4, 0.5) is 17.1 Å². The monoisotopic (exact) mass is 653 g/mol. The number of hydrogen-bond donors (Lipinski definition) is 3. The van der Waals surface area contributed by atoms with Crippen LogP contribution in [0.25, 0.3) is 21.5 Å². The van der Waals surface area contributed by atoms with Gasteiger partial charge in [-0.2, -0.15) is 0 Å². The lowest BCUT2D eigenvalue weighted by Gasteiger charge is -2.25. The number of hydrogen-bond acceptors (Lipinski definition) is 5. The summed E-state index contributed by atoms with van der Waals surface area (Å²) in [5.74, 6) is -0.135. The van der Waals surface area contributed by atoms with Crippen molar-refractivity contribution in [3.8, 4) is 11.5 Å². The van der Waals surface area contributed by atoms with Crippen molar-refractivity contribution in [2.45, 2.75) is 30.6 Å². The molecule has 2 atom stereocenters. The lowest BCUT2D eigenvalue weighted by molar-refractivity contribution is -0.120. The molecule has 234 valence electrons. The molecular formula is C37H33Cl2N3O4. The highest BCUT2D eigenvalue weighted by Gasteiger charge is 2.38. The van der Waals surface area contributed by atoms with E-state index >= 15 is 0 Å². The van der Waals surface area contributed by atoms with Crippen molar-refractivity contribution in [2.75, 3.05) is 40.4 Å². The van der Waals surface area contributed by atoms with Gasteiger partial charge < -0.3 is 25.7 Å². The minimum Gasteiger partial charge on any atom is -0.507 e. The van der Waals surface area contributed by atoms with Crippen LogP contribution in [0.2, 0.25) is 0 Å². The number of phenolic OH excluding ortho intramolecular Hbond substituents is 2. The predicted molar refractivity (Wildman–Crippen MR) is 186 cm³/mol. The first-order chi connectivity index (χ1) is 22.3. The van der Waals surface area contributed by atoms with Gasteiger partial charge >= 0.3 is 0 Å². The molecule has 7 rings (SSSR count). The van der Waals surface area contributed by atoms with Gasteiger partial charge in [0.25, 0.3) is 0 Å². The van der Waals surface area contributed by atoms with E-state index in [1.807, 2.05) is 60.7 Å². The zero-order valence-corrected chi connectivity index (χ0v) is 26.5. The van der Waals surface area contributed by atoms with Gasteiger partial charge in [0, 0.05) is 84.0 Å². The van der Waals surface area contributed by atoms with E-state index in [1.54, 1.807) is 34.1 Å². The normalized spacial score (nSPS) is 17.2. The van der Waals surface area contributed by atoms with Crippen molar-refractivity contribution in [3.63, 3.8) is 0 Å². The Bertz CT molecular complexity index is 1880. The Kier molecular flexibility index (Phi) is 7.91. The molecule has 9 heteroatoms. The molecular weight excluding hydrogens is 621 g/mol. The maximum absolute atomic E-state index is 14.2. The average molecular weight is 655 g/mol. The minimum atomic E-state index is -0.458. The molecule has 2 heterocycles. The fourth-order valence-corrected chi connectivity index (χ4v) is 7.80. The molecule has 0 unspecified atom stereocenters. The predicted octanol–water partition coefficient (Wildman–Crippen LogP) is 7.59. The van der Waals surface area contributed by atoms with Crippen molar-refractivity contribution in [1.29, 1.82) is 0 Å². The molecule has 7 nitrogen and oxygen atoms in total. The molecule has 4 N–H and O–H groups in total. The van der Waals surface area contributed by atoms with E-state index in [9.17, 15) is 19.8 Å². The largest absolute Gasteiger partial charge is 0.507 e. The highest BCUT2D eigenvalue weighted by atomic mass is 35.5. The number of nitrogens with two attached hydrogens (primary N) is 1. The van der Waals surface area contributed by atoms with Crippen molar-refractivity contribution in [1.82, 2.24) is 0 Å². The highest BCUT2D eigenvalue weighted by Crippen LogP contribution is 2.47. The summed E-state index contributed by atoms with van der Waals surface area (Å²) in [5.41, 5.74) is 10.6. The van der Waals surface area contributed by atoms with Crippen LogP contribution in [0.15, 0.2) is 84.9 Å². The van der Waals surface area contributed by atoms with Crippen LogP contribution in [-0.2, 0) is 9.59 Å². The van der Waals surface area contributed by atoms with Crippen molar-refractivity contribution in [3.05, 3.63) is 102 Å². The second-order valence-electron chi connectivity index (χ2n) is 12.2. The van der Waals surface area contributed by atoms with Crippen LogP contribution in [-0.4, -0.2) is 46.9 Å². The van der Waals surface area contributed by atoms with Gasteiger partial charge in [-0.15, -0.1) is 23.2 Å². The van der Waals surface area contributed by atoms with E-state index in [4.69, 9.17) is 28.9 Å². The molecule has 2 aliphatic rings. The maximum Gasteiger partial charge on any atom is 0.227 e. The second-order valence-corrected chi connectivity index (χ2v) is 12.8. The average Bonchev–Trinajstić information content (AvgIpc) is 3.63. The highest BCUT2D eigenvalue weighted by molar-refractivity contribution is 6.19. The Morgan fingerprint density at radius 1 is 0.696 bits per heavy atom. The van der Waals surface area contributed by atoms with Gasteiger partial charge in [-0.3, -0.25) is 9.59 Å². The lowest BCUT2D eigenvalue weighted by atomic mass is 9.91. The number of fused-ring (bicyclic) bond motifs is 6. The number of anilines is 3. The number of nitrogens with zero attached hydrogens (tertiary/aromatic N) is 2. The van der Waals surface area contributed by atoms with Gasteiger partial charge in [0.1, 0.15) is 11.5 Å². The molecule has 5 aromatic rings. The molecule has 0 aromatic heterocycles. The van der Waals surface area contributed by atoms with Crippen molar-refractivity contribution in [2.24, 2.45) is 0 Å². The van der Waals surface area contributed by atoms with Crippen LogP contribution < -0.4 is 15.5 Å². The van der Waals surface area contributed by atoms with E-state index in [1.165, 1.54) is 0 Å². The molecule has 5 aromatic carbocycles. The van der Waals surface area contributed by atoms with E-state index in [0.29, 0.717) is 41.9 Å². The van der Waals surface area contributed by atoms with Crippen LogP contribution in [0.5, 0.6) is 11.5 Å². The smallest absolute Gasteiger partial charge is 0.227 e. The first-order valence-corrected chi connectivity index (χ1v) is 16.4. The molecule has 46 heavy (non-hydrogen) atoms. The van der Waals surface area contributed by atoms with Crippen molar-refractivity contribution < 1.29 is 19.8 Å². The summed E-state index contributed by atoms with van der Waals surface area (Å²) in [6.07, 6.45) is 0.112. The van der Waals surface area contributed by atoms with E-state index in [-0.39, 0.29) is 48.0 Å². The van der Waals surface area contributed by atoms with E-state index in [0.717, 1.165) is 38.2 Å². The molecule has 0 fully saturated rings. The summed E-state index contributed by atoms with van der Waals surface area (Å²) in [4.78, 5) is 31.7. The van der Waals surface area contributed by atoms with Crippen LogP contribution in [0.3, 0.4) is 0 Å². The van der Waals surface area contributed by atoms with Gasteiger partial charge in [-0.1, -0.05) is 60.7 Å². The fraction of sp³-hybridized carbons (Fsp3) is 0.243. The number of phenols is 2. The molecule has 0 saturated carbocycles. The third-order valence-corrected chi connectivity index (χ3v) is 10.3. The Balaban J connectivity index is 1.22. The minimum absolute atomic E-state index is 0.0558. The molecule has 0 aliphatic carbocycles. The van der Waals surface area contributed by atoms with Gasteiger partial charge in [0.05, 0.1) is 11.4 Å².